The second-order valence-corrected chi connectivity index (χ2v) is 5.90. The summed E-state index contributed by atoms with van der Waals surface area (Å²) in [6.45, 7) is 4.00. The Morgan fingerprint density at radius 1 is 1.16 bits per heavy atom. The molecule has 0 radical (unpaired) electrons. The van der Waals surface area contributed by atoms with Crippen LogP contribution in [0.2, 0.25) is 0 Å². The van der Waals surface area contributed by atoms with Crippen LogP contribution in [-0.2, 0) is 4.79 Å². The summed E-state index contributed by atoms with van der Waals surface area (Å²) in [6, 6.07) is 16.8. The smallest absolute Gasteiger partial charge is 0.225 e. The van der Waals surface area contributed by atoms with Crippen molar-refractivity contribution in [2.24, 2.45) is 0 Å². The quantitative estimate of drug-likeness (QED) is 0.803. The molecule has 5 heteroatoms. The van der Waals surface area contributed by atoms with Crippen LogP contribution in [0, 0.1) is 18.3 Å². The van der Waals surface area contributed by atoms with Gasteiger partial charge in [0, 0.05) is 25.2 Å². The summed E-state index contributed by atoms with van der Waals surface area (Å²) < 4.78 is 5.76. The lowest BCUT2D eigenvalue weighted by molar-refractivity contribution is -0.116. The number of benzene rings is 2. The van der Waals surface area contributed by atoms with E-state index < -0.39 is 0 Å². The van der Waals surface area contributed by atoms with Gasteiger partial charge in [0.05, 0.1) is 11.6 Å². The monoisotopic (exact) mass is 337 g/mol. The van der Waals surface area contributed by atoms with Crippen molar-refractivity contribution in [1.29, 1.82) is 5.26 Å². The second kappa shape index (κ2) is 9.45. The van der Waals surface area contributed by atoms with Crippen LogP contribution >= 0.6 is 0 Å². The van der Waals surface area contributed by atoms with Gasteiger partial charge in [-0.25, -0.2) is 0 Å². The maximum Gasteiger partial charge on any atom is 0.225 e. The van der Waals surface area contributed by atoms with Gasteiger partial charge in [-0.2, -0.15) is 5.26 Å². The molecule has 0 atom stereocenters. The molecule has 0 spiro atoms. The molecular weight excluding hydrogens is 314 g/mol. The molecule has 0 saturated carbocycles. The van der Waals surface area contributed by atoms with Crippen molar-refractivity contribution in [3.8, 4) is 11.8 Å². The van der Waals surface area contributed by atoms with Crippen molar-refractivity contribution in [3.05, 3.63) is 59.7 Å². The molecule has 2 rings (SSSR count). The van der Waals surface area contributed by atoms with Crippen molar-refractivity contribution in [2.75, 3.05) is 32.1 Å². The molecule has 130 valence electrons. The number of ether oxygens (including phenoxy) is 1. The molecule has 0 aromatic heterocycles. The molecule has 0 heterocycles. The molecule has 1 amide bonds. The fourth-order valence-corrected chi connectivity index (χ4v) is 2.29. The summed E-state index contributed by atoms with van der Waals surface area (Å²) in [5.41, 5.74) is 2.40. The lowest BCUT2D eigenvalue weighted by Crippen LogP contribution is -2.28. The van der Waals surface area contributed by atoms with Gasteiger partial charge in [-0.05, 0) is 49.9 Å². The zero-order valence-electron chi connectivity index (χ0n) is 14.7. The minimum Gasteiger partial charge on any atom is -0.492 e. The standard InChI is InChI=1S/C20H23N3O2/c1-16-5-3-4-6-19(16)25-14-13-23(2)12-11-20(24)22-18-9-7-17(15-21)8-10-18/h3-10H,11-14H2,1-2H3,(H,22,24). The molecule has 0 unspecified atom stereocenters. The number of nitrogens with one attached hydrogen (secondary N) is 1. The third kappa shape index (κ3) is 6.28. The predicted molar refractivity (Wildman–Crippen MR) is 98.6 cm³/mol. The third-order valence-electron chi connectivity index (χ3n) is 3.84. The van der Waals surface area contributed by atoms with E-state index in [1.54, 1.807) is 24.3 Å². The summed E-state index contributed by atoms with van der Waals surface area (Å²) in [5.74, 6) is 0.853. The fourth-order valence-electron chi connectivity index (χ4n) is 2.29. The molecule has 5 nitrogen and oxygen atoms in total. The largest absolute Gasteiger partial charge is 0.492 e. The predicted octanol–water partition coefficient (Wildman–Crippen LogP) is 3.21. The first kappa shape index (κ1) is 18.5. The highest BCUT2D eigenvalue weighted by Crippen LogP contribution is 2.15. The van der Waals surface area contributed by atoms with Crippen molar-refractivity contribution in [2.45, 2.75) is 13.3 Å². The van der Waals surface area contributed by atoms with Crippen LogP contribution in [0.25, 0.3) is 0 Å². The van der Waals surface area contributed by atoms with Crippen LogP contribution in [-0.4, -0.2) is 37.6 Å². The van der Waals surface area contributed by atoms with E-state index in [9.17, 15) is 4.79 Å². The Morgan fingerprint density at radius 3 is 2.56 bits per heavy atom. The van der Waals surface area contributed by atoms with Gasteiger partial charge in [-0.1, -0.05) is 18.2 Å². The van der Waals surface area contributed by atoms with E-state index in [0.29, 0.717) is 30.8 Å². The average Bonchev–Trinajstić information content (AvgIpc) is 2.62. The first-order chi connectivity index (χ1) is 12.1. The number of hydrogen-bond acceptors (Lipinski definition) is 4. The summed E-state index contributed by atoms with van der Waals surface area (Å²) in [7, 11) is 1.97. The van der Waals surface area contributed by atoms with Gasteiger partial charge >= 0.3 is 0 Å². The number of carbonyl (C=O) groups is 1. The van der Waals surface area contributed by atoms with Gasteiger partial charge in [0.2, 0.25) is 5.91 Å². The maximum absolute atomic E-state index is 12.0. The van der Waals surface area contributed by atoms with Crippen molar-refractivity contribution >= 4 is 11.6 Å². The average molecular weight is 337 g/mol. The van der Waals surface area contributed by atoms with E-state index >= 15 is 0 Å². The molecule has 0 aliphatic carbocycles. The Balaban J connectivity index is 1.67. The Hall–Kier alpha value is -2.84. The highest BCUT2D eigenvalue weighted by Gasteiger charge is 2.06. The molecular formula is C20H23N3O2. The van der Waals surface area contributed by atoms with Crippen LogP contribution in [0.3, 0.4) is 0 Å². The summed E-state index contributed by atoms with van der Waals surface area (Å²) in [5, 5.41) is 11.6. The van der Waals surface area contributed by atoms with Crippen molar-refractivity contribution < 1.29 is 9.53 Å². The van der Waals surface area contributed by atoms with Crippen LogP contribution in [0.4, 0.5) is 5.69 Å². The first-order valence-electron chi connectivity index (χ1n) is 8.25. The van der Waals surface area contributed by atoms with Gasteiger partial charge in [0.1, 0.15) is 12.4 Å². The lowest BCUT2D eigenvalue weighted by Gasteiger charge is -2.17. The van der Waals surface area contributed by atoms with E-state index in [2.05, 4.69) is 16.3 Å². The van der Waals surface area contributed by atoms with Crippen LogP contribution in [0.5, 0.6) is 5.75 Å². The SMILES string of the molecule is Cc1ccccc1OCCN(C)CCC(=O)Nc1ccc(C#N)cc1. The van der Waals surface area contributed by atoms with Gasteiger partial charge in [0.15, 0.2) is 0 Å². The molecule has 0 saturated heterocycles. The summed E-state index contributed by atoms with van der Waals surface area (Å²) in [4.78, 5) is 14.0. The van der Waals surface area contributed by atoms with E-state index in [1.807, 2.05) is 38.2 Å². The molecule has 0 aliphatic heterocycles. The van der Waals surface area contributed by atoms with E-state index in [1.165, 1.54) is 0 Å². The Morgan fingerprint density at radius 2 is 1.88 bits per heavy atom. The van der Waals surface area contributed by atoms with Crippen molar-refractivity contribution in [3.63, 3.8) is 0 Å². The normalized spacial score (nSPS) is 10.3. The molecule has 0 aliphatic rings. The Bertz CT molecular complexity index is 735. The minimum atomic E-state index is -0.0450. The number of carbonyl (C=O) groups excluding carboxylic acids is 1. The zero-order chi connectivity index (χ0) is 18.1. The number of hydrogen-bond donors (Lipinski definition) is 1. The third-order valence-corrected chi connectivity index (χ3v) is 3.84. The maximum atomic E-state index is 12.0. The number of nitriles is 1. The van der Waals surface area contributed by atoms with Gasteiger partial charge < -0.3 is 15.0 Å². The van der Waals surface area contributed by atoms with Crippen LogP contribution in [0.15, 0.2) is 48.5 Å². The number of aryl methyl sites for hydroxylation is 1. The highest BCUT2D eigenvalue weighted by molar-refractivity contribution is 5.90. The molecule has 25 heavy (non-hydrogen) atoms. The number of para-hydroxylation sites is 1. The number of nitrogens with zero attached hydrogens (tertiary/aromatic N) is 2. The second-order valence-electron chi connectivity index (χ2n) is 5.90. The molecule has 0 bridgehead atoms. The topological polar surface area (TPSA) is 65.4 Å². The van der Waals surface area contributed by atoms with E-state index in [0.717, 1.165) is 17.9 Å². The molecule has 2 aromatic carbocycles. The summed E-state index contributed by atoms with van der Waals surface area (Å²) >= 11 is 0. The fraction of sp³-hybridized carbons (Fsp3) is 0.300. The minimum absolute atomic E-state index is 0.0450. The van der Waals surface area contributed by atoms with E-state index in [-0.39, 0.29) is 5.91 Å². The molecule has 2 aromatic rings. The van der Waals surface area contributed by atoms with Gasteiger partial charge in [-0.3, -0.25) is 4.79 Å². The first-order valence-corrected chi connectivity index (χ1v) is 8.25. The Kier molecular flexibility index (Phi) is 7.00. The number of amides is 1. The van der Waals surface area contributed by atoms with Gasteiger partial charge in [0.25, 0.3) is 0 Å². The number of likely N-dealkylation sites (N-methyl/N-ethyl adjacent to an activating group) is 1. The molecule has 1 N–H and O–H groups in total. The van der Waals surface area contributed by atoms with E-state index in [4.69, 9.17) is 10.00 Å². The Labute approximate surface area is 148 Å². The lowest BCUT2D eigenvalue weighted by atomic mass is 10.2. The number of rotatable bonds is 8. The van der Waals surface area contributed by atoms with Crippen LogP contribution in [0.1, 0.15) is 17.5 Å². The molecule has 0 fully saturated rings. The summed E-state index contributed by atoms with van der Waals surface area (Å²) in [6.07, 6.45) is 0.404. The number of anilines is 1. The van der Waals surface area contributed by atoms with Gasteiger partial charge in [-0.15, -0.1) is 0 Å². The highest BCUT2D eigenvalue weighted by atomic mass is 16.5. The van der Waals surface area contributed by atoms with Crippen molar-refractivity contribution in [1.82, 2.24) is 4.90 Å². The van der Waals surface area contributed by atoms with Crippen LogP contribution < -0.4 is 10.1 Å². The zero-order valence-corrected chi connectivity index (χ0v) is 14.7.